The molecule has 1 atom stereocenters. The summed E-state index contributed by atoms with van der Waals surface area (Å²) in [5.41, 5.74) is 1.18. The second-order valence-corrected chi connectivity index (χ2v) is 11.8. The monoisotopic (exact) mass is 647 g/mol. The zero-order chi connectivity index (χ0) is 32.8. The van der Waals surface area contributed by atoms with E-state index in [1.54, 1.807) is 35.2 Å². The van der Waals surface area contributed by atoms with Crippen molar-refractivity contribution < 1.29 is 23.2 Å². The van der Waals surface area contributed by atoms with Gasteiger partial charge < -0.3 is 29.8 Å². The number of amides is 3. The second kappa shape index (κ2) is 14.6. The molecule has 1 fully saturated rings. The van der Waals surface area contributed by atoms with Gasteiger partial charge in [-0.1, -0.05) is 41.9 Å². The number of likely N-dealkylation sites (N-methyl/N-ethyl adjacent to an activating group) is 1. The van der Waals surface area contributed by atoms with Gasteiger partial charge in [-0.05, 0) is 56.1 Å². The lowest BCUT2D eigenvalue weighted by atomic mass is 10.0. The molecule has 0 spiro atoms. The number of fused-ring (bicyclic) bond motifs is 1. The van der Waals surface area contributed by atoms with E-state index in [0.29, 0.717) is 49.9 Å². The normalized spacial score (nSPS) is 13.9. The van der Waals surface area contributed by atoms with Crippen LogP contribution in [-0.4, -0.2) is 86.9 Å². The number of rotatable bonds is 10. The van der Waals surface area contributed by atoms with Gasteiger partial charge in [0.1, 0.15) is 6.04 Å². The van der Waals surface area contributed by atoms with E-state index in [4.69, 9.17) is 16.0 Å². The van der Waals surface area contributed by atoms with E-state index in [-0.39, 0.29) is 29.2 Å². The molecule has 1 aliphatic heterocycles. The third kappa shape index (κ3) is 7.72. The minimum atomic E-state index is -1.02. The van der Waals surface area contributed by atoms with Crippen LogP contribution in [0.4, 0.5) is 10.1 Å². The molecule has 0 aliphatic carbocycles. The van der Waals surface area contributed by atoms with Crippen LogP contribution in [0.3, 0.4) is 0 Å². The van der Waals surface area contributed by atoms with Gasteiger partial charge in [0.2, 0.25) is 5.91 Å². The number of carbonyl (C=O) groups excluding carboxylic acids is 3. The van der Waals surface area contributed by atoms with Gasteiger partial charge in [0, 0.05) is 62.5 Å². The predicted molar refractivity (Wildman–Crippen MR) is 175 cm³/mol. The molecule has 3 amide bonds. The molecule has 0 radical (unpaired) electrons. The maximum Gasteiger partial charge on any atom is 0.287 e. The fourth-order valence-corrected chi connectivity index (χ4v) is 5.48. The number of nitrogens with zero attached hydrogens (tertiary/aromatic N) is 3. The Morgan fingerprint density at radius 1 is 0.957 bits per heavy atom. The Kier molecular flexibility index (Phi) is 10.3. The minimum absolute atomic E-state index is 0.0100. The Morgan fingerprint density at radius 3 is 2.39 bits per heavy atom. The van der Waals surface area contributed by atoms with Crippen LogP contribution in [0, 0.1) is 5.82 Å². The lowest BCUT2D eigenvalue weighted by Crippen LogP contribution is -2.55. The fourth-order valence-electron chi connectivity index (χ4n) is 5.36. The summed E-state index contributed by atoms with van der Waals surface area (Å²) in [6.07, 6.45) is 0.143. The fraction of sp³-hybridized carbons (Fsp3) is 0.294. The maximum atomic E-state index is 14.4. The number of piperazine rings is 1. The van der Waals surface area contributed by atoms with Gasteiger partial charge in [0.05, 0.1) is 10.9 Å². The molecule has 1 aromatic heterocycles. The molecule has 1 saturated heterocycles. The molecule has 2 heterocycles. The number of halogens is 2. The Labute approximate surface area is 270 Å². The summed E-state index contributed by atoms with van der Waals surface area (Å²) < 4.78 is 19.9. The van der Waals surface area contributed by atoms with Crippen molar-refractivity contribution in [1.82, 2.24) is 20.4 Å². The first-order valence-electron chi connectivity index (χ1n) is 14.9. The quantitative estimate of drug-likeness (QED) is 0.271. The van der Waals surface area contributed by atoms with Crippen molar-refractivity contribution in [2.75, 3.05) is 58.3 Å². The van der Waals surface area contributed by atoms with Crippen LogP contribution in [0.2, 0.25) is 5.02 Å². The lowest BCUT2D eigenvalue weighted by Gasteiger charge is -2.38. The van der Waals surface area contributed by atoms with E-state index in [9.17, 15) is 23.6 Å². The Hall–Kier alpha value is -4.74. The Bertz CT molecular complexity index is 1790. The standard InChI is InChI=1S/C34H35ClFN5O5/c1-39(2)15-14-37-32(43)24-6-3-4-9-28(24)40-16-18-41(19-17-40)34(45)27(20-22-10-12-23(35)13-11-22)38-33(44)30-21-29(42)25-7-5-8-26(36)31(25)46-30/h3-13,21,27H,14-20H2,1-2H3,(H,37,43)(H,38,44)/t27-/m1/s1. The van der Waals surface area contributed by atoms with Crippen LogP contribution < -0.4 is 21.0 Å². The van der Waals surface area contributed by atoms with Crippen molar-refractivity contribution >= 4 is 46.0 Å². The van der Waals surface area contributed by atoms with Gasteiger partial charge >= 0.3 is 0 Å². The first-order valence-corrected chi connectivity index (χ1v) is 15.3. The summed E-state index contributed by atoms with van der Waals surface area (Å²) in [6, 6.07) is 18.2. The molecular formula is C34H35ClFN5O5. The number of hydrogen-bond donors (Lipinski definition) is 2. The summed E-state index contributed by atoms with van der Waals surface area (Å²) in [7, 11) is 3.88. The van der Waals surface area contributed by atoms with E-state index in [0.717, 1.165) is 23.4 Å². The van der Waals surface area contributed by atoms with Crippen LogP contribution in [0.5, 0.6) is 0 Å². The third-order valence-electron chi connectivity index (χ3n) is 7.81. The Morgan fingerprint density at radius 2 is 1.67 bits per heavy atom. The summed E-state index contributed by atoms with van der Waals surface area (Å²) >= 11 is 6.06. The zero-order valence-electron chi connectivity index (χ0n) is 25.6. The van der Waals surface area contributed by atoms with Gasteiger partial charge in [-0.2, -0.15) is 0 Å². The predicted octanol–water partition coefficient (Wildman–Crippen LogP) is 3.57. The summed E-state index contributed by atoms with van der Waals surface area (Å²) in [4.78, 5) is 58.5. The molecular weight excluding hydrogens is 613 g/mol. The highest BCUT2D eigenvalue weighted by molar-refractivity contribution is 6.30. The van der Waals surface area contributed by atoms with Gasteiger partial charge in [0.25, 0.3) is 11.8 Å². The van der Waals surface area contributed by atoms with Gasteiger partial charge in [0.15, 0.2) is 22.6 Å². The smallest absolute Gasteiger partial charge is 0.287 e. The molecule has 4 aromatic rings. The van der Waals surface area contributed by atoms with Gasteiger partial charge in [-0.15, -0.1) is 0 Å². The van der Waals surface area contributed by atoms with Crippen LogP contribution in [0.25, 0.3) is 11.0 Å². The minimum Gasteiger partial charge on any atom is -0.448 e. The summed E-state index contributed by atoms with van der Waals surface area (Å²) in [6.45, 7) is 2.85. The first-order chi connectivity index (χ1) is 22.1. The molecule has 240 valence electrons. The molecule has 1 aliphatic rings. The van der Waals surface area contributed by atoms with E-state index < -0.39 is 29.0 Å². The zero-order valence-corrected chi connectivity index (χ0v) is 26.4. The van der Waals surface area contributed by atoms with Crippen molar-refractivity contribution in [1.29, 1.82) is 0 Å². The van der Waals surface area contributed by atoms with Crippen molar-refractivity contribution in [2.24, 2.45) is 0 Å². The Balaban J connectivity index is 1.32. The second-order valence-electron chi connectivity index (χ2n) is 11.3. The van der Waals surface area contributed by atoms with Crippen LogP contribution in [0.15, 0.2) is 82.0 Å². The first kappa shape index (κ1) is 32.6. The van der Waals surface area contributed by atoms with Gasteiger partial charge in [-0.25, -0.2) is 4.39 Å². The van der Waals surface area contributed by atoms with E-state index in [1.807, 2.05) is 37.2 Å². The third-order valence-corrected chi connectivity index (χ3v) is 8.06. The van der Waals surface area contributed by atoms with E-state index >= 15 is 0 Å². The molecule has 0 unspecified atom stereocenters. The van der Waals surface area contributed by atoms with E-state index in [2.05, 4.69) is 15.5 Å². The van der Waals surface area contributed by atoms with Crippen molar-refractivity contribution in [3.05, 3.63) is 111 Å². The molecule has 0 saturated carbocycles. The highest BCUT2D eigenvalue weighted by Gasteiger charge is 2.31. The van der Waals surface area contributed by atoms with Crippen LogP contribution in [-0.2, 0) is 11.2 Å². The molecule has 0 bridgehead atoms. The van der Waals surface area contributed by atoms with Crippen molar-refractivity contribution in [3.8, 4) is 0 Å². The van der Waals surface area contributed by atoms with E-state index in [1.165, 1.54) is 12.1 Å². The topological polar surface area (TPSA) is 115 Å². The number of para-hydroxylation sites is 2. The average Bonchev–Trinajstić information content (AvgIpc) is 3.05. The molecule has 46 heavy (non-hydrogen) atoms. The van der Waals surface area contributed by atoms with Crippen LogP contribution in [0.1, 0.15) is 26.5 Å². The number of anilines is 1. The number of benzene rings is 3. The number of nitrogens with one attached hydrogen (secondary N) is 2. The molecule has 5 rings (SSSR count). The number of hydrogen-bond acceptors (Lipinski definition) is 7. The highest BCUT2D eigenvalue weighted by Crippen LogP contribution is 2.23. The maximum absolute atomic E-state index is 14.4. The largest absolute Gasteiger partial charge is 0.448 e. The molecule has 10 nitrogen and oxygen atoms in total. The van der Waals surface area contributed by atoms with Crippen LogP contribution >= 0.6 is 11.6 Å². The molecule has 12 heteroatoms. The molecule has 3 aromatic carbocycles. The van der Waals surface area contributed by atoms with Crippen molar-refractivity contribution in [3.63, 3.8) is 0 Å². The average molecular weight is 648 g/mol. The summed E-state index contributed by atoms with van der Waals surface area (Å²) in [5.74, 6) is -2.48. The highest BCUT2D eigenvalue weighted by atomic mass is 35.5. The lowest BCUT2D eigenvalue weighted by molar-refractivity contribution is -0.133. The van der Waals surface area contributed by atoms with Gasteiger partial charge in [-0.3, -0.25) is 19.2 Å². The van der Waals surface area contributed by atoms with Crippen molar-refractivity contribution in [2.45, 2.75) is 12.5 Å². The molecule has 2 N–H and O–H groups in total. The summed E-state index contributed by atoms with van der Waals surface area (Å²) in [5, 5.41) is 6.21. The number of carbonyl (C=O) groups is 3. The SMILES string of the molecule is CN(C)CCNC(=O)c1ccccc1N1CCN(C(=O)[C@@H](Cc2ccc(Cl)cc2)NC(=O)c2cc(=O)c3cccc(F)c3o2)CC1.